The second kappa shape index (κ2) is 9.10. The van der Waals surface area contributed by atoms with Gasteiger partial charge in [0.15, 0.2) is 11.5 Å². The molecule has 3 aromatic rings. The summed E-state index contributed by atoms with van der Waals surface area (Å²) in [5.74, 6) is 1.40. The van der Waals surface area contributed by atoms with Gasteiger partial charge in [-0.25, -0.2) is 0 Å². The molecule has 1 atom stereocenters. The fraction of sp³-hybridized carbons (Fsp3) is 0.385. The maximum absolute atomic E-state index is 13.6. The molecular formula is C26H28ClN3O3. The zero-order valence-corrected chi connectivity index (χ0v) is 19.7. The van der Waals surface area contributed by atoms with E-state index in [-0.39, 0.29) is 18.0 Å². The Morgan fingerprint density at radius 3 is 2.58 bits per heavy atom. The lowest BCUT2D eigenvalue weighted by Gasteiger charge is -2.32. The van der Waals surface area contributed by atoms with Crippen molar-refractivity contribution in [3.05, 3.63) is 64.3 Å². The van der Waals surface area contributed by atoms with Gasteiger partial charge in [0, 0.05) is 22.2 Å². The third-order valence-corrected chi connectivity index (χ3v) is 6.86. The first-order chi connectivity index (χ1) is 16.1. The minimum absolute atomic E-state index is 0.0138. The molecule has 0 bridgehead atoms. The summed E-state index contributed by atoms with van der Waals surface area (Å²) in [5.41, 5.74) is 4.19. The van der Waals surface area contributed by atoms with E-state index in [4.69, 9.17) is 21.1 Å². The quantitative estimate of drug-likeness (QED) is 0.463. The summed E-state index contributed by atoms with van der Waals surface area (Å²) in [5, 5.41) is 8.26. The van der Waals surface area contributed by atoms with Crippen LogP contribution in [0.4, 0.5) is 0 Å². The van der Waals surface area contributed by atoms with Gasteiger partial charge in [0.25, 0.3) is 5.91 Å². The summed E-state index contributed by atoms with van der Waals surface area (Å²) in [7, 11) is 1.65. The normalized spacial score (nSPS) is 18.1. The number of amides is 1. The number of carbonyl (C=O) groups excluding carboxylic acids is 1. The highest BCUT2D eigenvalue weighted by Crippen LogP contribution is 2.47. The van der Waals surface area contributed by atoms with E-state index < -0.39 is 0 Å². The fourth-order valence-electron chi connectivity index (χ4n) is 5.07. The molecule has 0 saturated heterocycles. The summed E-state index contributed by atoms with van der Waals surface area (Å²) in [4.78, 5) is 15.7. The van der Waals surface area contributed by atoms with Gasteiger partial charge in [-0.05, 0) is 49.1 Å². The summed E-state index contributed by atoms with van der Waals surface area (Å²) >= 11 is 6.12. The molecule has 1 N–H and O–H groups in total. The van der Waals surface area contributed by atoms with Gasteiger partial charge in [0.05, 0.1) is 25.5 Å². The molecule has 0 spiro atoms. The number of aromatic amines is 1. The fourth-order valence-corrected chi connectivity index (χ4v) is 5.19. The number of halogens is 1. The lowest BCUT2D eigenvalue weighted by molar-refractivity contribution is 0.0660. The first-order valence-electron chi connectivity index (χ1n) is 11.6. The molecule has 172 valence electrons. The lowest BCUT2D eigenvalue weighted by atomic mass is 9.95. The lowest BCUT2D eigenvalue weighted by Crippen LogP contribution is -2.37. The minimum atomic E-state index is -0.242. The van der Waals surface area contributed by atoms with Crippen molar-refractivity contribution in [1.29, 1.82) is 0 Å². The zero-order valence-electron chi connectivity index (χ0n) is 18.9. The van der Waals surface area contributed by atoms with Crippen LogP contribution in [0.3, 0.4) is 0 Å². The van der Waals surface area contributed by atoms with Gasteiger partial charge >= 0.3 is 0 Å². The van der Waals surface area contributed by atoms with Crippen LogP contribution in [0.1, 0.15) is 66.7 Å². The van der Waals surface area contributed by atoms with E-state index in [0.717, 1.165) is 54.5 Å². The zero-order chi connectivity index (χ0) is 22.9. The Labute approximate surface area is 198 Å². The van der Waals surface area contributed by atoms with E-state index >= 15 is 0 Å². The van der Waals surface area contributed by atoms with Gasteiger partial charge in [-0.2, -0.15) is 5.10 Å². The van der Waals surface area contributed by atoms with Crippen molar-refractivity contribution in [2.75, 3.05) is 13.7 Å². The molecule has 2 aromatic carbocycles. The molecule has 1 aliphatic carbocycles. The Kier molecular flexibility index (Phi) is 6.02. The van der Waals surface area contributed by atoms with Crippen molar-refractivity contribution >= 4 is 17.5 Å². The highest BCUT2D eigenvalue weighted by molar-refractivity contribution is 6.30. The SMILES string of the molecule is CCCOc1ccc(C2c3c(-c4ccc(Cl)cc4)n[nH]c3C(=O)N2C2CCCC2)cc1OC. The number of nitrogens with zero attached hydrogens (tertiary/aromatic N) is 2. The van der Waals surface area contributed by atoms with Crippen LogP contribution in [0.15, 0.2) is 42.5 Å². The van der Waals surface area contributed by atoms with E-state index in [1.165, 1.54) is 0 Å². The van der Waals surface area contributed by atoms with Crippen LogP contribution in [-0.4, -0.2) is 40.8 Å². The molecule has 1 unspecified atom stereocenters. The van der Waals surface area contributed by atoms with Crippen LogP contribution in [0.2, 0.25) is 5.02 Å². The van der Waals surface area contributed by atoms with Crippen LogP contribution in [-0.2, 0) is 0 Å². The number of H-pyrrole nitrogens is 1. The molecule has 1 saturated carbocycles. The Hall–Kier alpha value is -2.99. The van der Waals surface area contributed by atoms with Crippen molar-refractivity contribution in [2.24, 2.45) is 0 Å². The van der Waals surface area contributed by atoms with Crippen molar-refractivity contribution in [1.82, 2.24) is 15.1 Å². The number of benzene rings is 2. The third-order valence-electron chi connectivity index (χ3n) is 6.60. The molecule has 1 aromatic heterocycles. The molecule has 7 heteroatoms. The van der Waals surface area contributed by atoms with Crippen LogP contribution in [0.5, 0.6) is 11.5 Å². The van der Waals surface area contributed by atoms with Crippen molar-refractivity contribution in [3.8, 4) is 22.8 Å². The summed E-state index contributed by atoms with van der Waals surface area (Å²) in [6.45, 7) is 2.70. The standard InChI is InChI=1S/C26H28ClN3O3/c1-3-14-33-20-13-10-17(15-21(20)32-2)25-22-23(16-8-11-18(27)12-9-16)28-29-24(22)26(31)30(25)19-6-4-5-7-19/h8-13,15,19,25H,3-7,14H2,1-2H3,(H,28,29). The average Bonchev–Trinajstić information content (AvgIpc) is 3.56. The molecule has 1 fully saturated rings. The van der Waals surface area contributed by atoms with E-state index in [2.05, 4.69) is 22.0 Å². The van der Waals surface area contributed by atoms with Crippen LogP contribution in [0.25, 0.3) is 11.3 Å². The maximum atomic E-state index is 13.6. The van der Waals surface area contributed by atoms with Crippen molar-refractivity contribution in [2.45, 2.75) is 51.1 Å². The number of aromatic nitrogens is 2. The molecule has 33 heavy (non-hydrogen) atoms. The van der Waals surface area contributed by atoms with E-state index in [1.54, 1.807) is 7.11 Å². The van der Waals surface area contributed by atoms with Crippen molar-refractivity contribution in [3.63, 3.8) is 0 Å². The second-order valence-electron chi connectivity index (χ2n) is 8.68. The number of carbonyl (C=O) groups is 1. The first-order valence-corrected chi connectivity index (χ1v) is 12.0. The highest BCUT2D eigenvalue weighted by Gasteiger charge is 2.45. The summed E-state index contributed by atoms with van der Waals surface area (Å²) in [6, 6.07) is 13.5. The van der Waals surface area contributed by atoms with Gasteiger partial charge < -0.3 is 14.4 Å². The Morgan fingerprint density at radius 2 is 1.88 bits per heavy atom. The van der Waals surface area contributed by atoms with Gasteiger partial charge in [-0.3, -0.25) is 9.89 Å². The van der Waals surface area contributed by atoms with E-state index in [0.29, 0.717) is 28.8 Å². The van der Waals surface area contributed by atoms with Crippen LogP contribution >= 0.6 is 11.6 Å². The van der Waals surface area contributed by atoms with E-state index in [9.17, 15) is 4.79 Å². The van der Waals surface area contributed by atoms with Gasteiger partial charge in [0.1, 0.15) is 5.69 Å². The topological polar surface area (TPSA) is 67.5 Å². The Bertz CT molecular complexity index is 1150. The number of ether oxygens (including phenoxy) is 2. The number of hydrogen-bond acceptors (Lipinski definition) is 4. The molecular weight excluding hydrogens is 438 g/mol. The minimum Gasteiger partial charge on any atom is -0.493 e. The second-order valence-corrected chi connectivity index (χ2v) is 9.12. The highest BCUT2D eigenvalue weighted by atomic mass is 35.5. The largest absolute Gasteiger partial charge is 0.493 e. The van der Waals surface area contributed by atoms with Crippen molar-refractivity contribution < 1.29 is 14.3 Å². The number of nitrogens with one attached hydrogen (secondary N) is 1. The molecule has 6 nitrogen and oxygen atoms in total. The monoisotopic (exact) mass is 465 g/mol. The van der Waals surface area contributed by atoms with Gasteiger partial charge in [0.2, 0.25) is 0 Å². The average molecular weight is 466 g/mol. The van der Waals surface area contributed by atoms with Crippen LogP contribution in [0, 0.1) is 0 Å². The molecule has 2 aliphatic rings. The Morgan fingerprint density at radius 1 is 1.12 bits per heavy atom. The number of hydrogen-bond donors (Lipinski definition) is 1. The molecule has 1 amide bonds. The molecule has 5 rings (SSSR count). The molecule has 2 heterocycles. The first kappa shape index (κ1) is 21.8. The molecule has 1 aliphatic heterocycles. The van der Waals surface area contributed by atoms with Gasteiger partial charge in [-0.15, -0.1) is 0 Å². The number of methoxy groups -OCH3 is 1. The number of fused-ring (bicyclic) bond motifs is 1. The summed E-state index contributed by atoms with van der Waals surface area (Å²) in [6.07, 6.45) is 5.24. The number of rotatable bonds is 7. The summed E-state index contributed by atoms with van der Waals surface area (Å²) < 4.78 is 11.5. The van der Waals surface area contributed by atoms with Crippen LogP contribution < -0.4 is 9.47 Å². The smallest absolute Gasteiger partial charge is 0.273 e. The van der Waals surface area contributed by atoms with E-state index in [1.807, 2.05) is 42.5 Å². The maximum Gasteiger partial charge on any atom is 0.273 e. The predicted molar refractivity (Wildman–Crippen MR) is 128 cm³/mol. The Balaban J connectivity index is 1.63. The predicted octanol–water partition coefficient (Wildman–Crippen LogP) is 6.02. The van der Waals surface area contributed by atoms with Gasteiger partial charge in [-0.1, -0.05) is 49.6 Å². The third kappa shape index (κ3) is 3.86. The molecule has 0 radical (unpaired) electrons.